The summed E-state index contributed by atoms with van der Waals surface area (Å²) in [6, 6.07) is 16.1. The largest absolute Gasteiger partial charge is 0.448 e. The van der Waals surface area contributed by atoms with Crippen LogP contribution in [0.4, 0.5) is 11.4 Å². The van der Waals surface area contributed by atoms with E-state index in [0.717, 1.165) is 0 Å². The topological polar surface area (TPSA) is 106 Å². The lowest BCUT2D eigenvalue weighted by molar-refractivity contribution is -0.128. The highest BCUT2D eigenvalue weighted by atomic mass is 16.5. The number of benzene rings is 2. The Morgan fingerprint density at radius 1 is 1.07 bits per heavy atom. The van der Waals surface area contributed by atoms with E-state index in [2.05, 4.69) is 15.5 Å². The molecule has 1 unspecified atom stereocenters. The second kappa shape index (κ2) is 7.78. The lowest BCUT2D eigenvalue weighted by Crippen LogP contribution is -2.47. The van der Waals surface area contributed by atoms with Crippen molar-refractivity contribution < 1.29 is 19.1 Å². The molecule has 0 fully saturated rings. The molecule has 9 heteroatoms. The van der Waals surface area contributed by atoms with E-state index in [1.807, 2.05) is 18.2 Å². The van der Waals surface area contributed by atoms with Gasteiger partial charge in [-0.25, -0.2) is 4.79 Å². The predicted octanol–water partition coefficient (Wildman–Crippen LogP) is 2.11. The molecule has 2 heterocycles. The van der Waals surface area contributed by atoms with E-state index in [4.69, 9.17) is 4.74 Å². The van der Waals surface area contributed by atoms with Crippen LogP contribution in [0.15, 0.2) is 54.6 Å². The Morgan fingerprint density at radius 2 is 1.77 bits per heavy atom. The lowest BCUT2D eigenvalue weighted by Gasteiger charge is -2.30. The summed E-state index contributed by atoms with van der Waals surface area (Å²) in [5.41, 5.74) is 2.18. The van der Waals surface area contributed by atoms with Gasteiger partial charge in [-0.1, -0.05) is 30.3 Å². The summed E-state index contributed by atoms with van der Waals surface area (Å²) in [4.78, 5) is 40.1. The molecule has 1 aliphatic heterocycles. The third-order valence-electron chi connectivity index (χ3n) is 4.63. The number of aryl methyl sites for hydroxylation is 1. The summed E-state index contributed by atoms with van der Waals surface area (Å²) in [5, 5.41) is 11.1. The molecule has 0 spiro atoms. The van der Waals surface area contributed by atoms with Gasteiger partial charge < -0.3 is 10.1 Å². The van der Waals surface area contributed by atoms with Crippen molar-refractivity contribution in [2.24, 2.45) is 0 Å². The second-order valence-electron chi connectivity index (χ2n) is 6.80. The maximum Gasteiger partial charge on any atom is 0.361 e. The van der Waals surface area contributed by atoms with E-state index in [9.17, 15) is 14.4 Å². The van der Waals surface area contributed by atoms with Gasteiger partial charge in [0.05, 0.1) is 22.8 Å². The SMILES string of the molecule is Cc1nn(-c2ccccc2)nc1C(=O)OC(C)C(=O)N1CC(=O)Nc2ccccc21. The van der Waals surface area contributed by atoms with E-state index in [-0.39, 0.29) is 18.1 Å². The molecule has 4 rings (SSSR count). The molecular formula is C21H19N5O4. The van der Waals surface area contributed by atoms with Gasteiger partial charge in [0.2, 0.25) is 5.91 Å². The highest BCUT2D eigenvalue weighted by molar-refractivity contribution is 6.11. The fraction of sp³-hybridized carbons (Fsp3) is 0.190. The van der Waals surface area contributed by atoms with Crippen molar-refractivity contribution in [3.63, 3.8) is 0 Å². The highest BCUT2D eigenvalue weighted by Gasteiger charge is 2.32. The molecule has 0 aliphatic carbocycles. The van der Waals surface area contributed by atoms with Crippen LogP contribution in [0.1, 0.15) is 23.1 Å². The zero-order valence-corrected chi connectivity index (χ0v) is 16.4. The summed E-state index contributed by atoms with van der Waals surface area (Å²) in [6.07, 6.45) is -1.11. The molecule has 1 aliphatic rings. The number of carbonyl (C=O) groups is 3. The van der Waals surface area contributed by atoms with E-state index < -0.39 is 18.0 Å². The van der Waals surface area contributed by atoms with Crippen LogP contribution in [-0.2, 0) is 14.3 Å². The van der Waals surface area contributed by atoms with Crippen molar-refractivity contribution in [3.05, 3.63) is 66.0 Å². The summed E-state index contributed by atoms with van der Waals surface area (Å²) in [6.45, 7) is 2.95. The molecule has 2 aromatic carbocycles. The monoisotopic (exact) mass is 405 g/mol. The first-order chi connectivity index (χ1) is 14.4. The number of fused-ring (bicyclic) bond motifs is 1. The van der Waals surface area contributed by atoms with E-state index in [1.165, 1.54) is 16.6 Å². The van der Waals surface area contributed by atoms with Gasteiger partial charge in [-0.3, -0.25) is 14.5 Å². The molecule has 2 amide bonds. The Labute approximate surface area is 172 Å². The van der Waals surface area contributed by atoms with Crippen molar-refractivity contribution in [2.45, 2.75) is 20.0 Å². The van der Waals surface area contributed by atoms with Gasteiger partial charge in [0, 0.05) is 0 Å². The van der Waals surface area contributed by atoms with Crippen LogP contribution in [0, 0.1) is 6.92 Å². The van der Waals surface area contributed by atoms with Gasteiger partial charge >= 0.3 is 5.97 Å². The number of ether oxygens (including phenoxy) is 1. The Balaban J connectivity index is 1.51. The number of carbonyl (C=O) groups excluding carboxylic acids is 3. The molecule has 3 aromatic rings. The van der Waals surface area contributed by atoms with Crippen molar-refractivity contribution in [3.8, 4) is 5.69 Å². The number of para-hydroxylation sites is 3. The lowest BCUT2D eigenvalue weighted by atomic mass is 10.1. The first-order valence-electron chi connectivity index (χ1n) is 9.34. The molecule has 0 radical (unpaired) electrons. The Hall–Kier alpha value is -4.01. The number of aromatic nitrogens is 3. The van der Waals surface area contributed by atoms with Crippen LogP contribution in [0.2, 0.25) is 0 Å². The average Bonchev–Trinajstić information content (AvgIpc) is 3.15. The minimum atomic E-state index is -1.11. The maximum atomic E-state index is 12.9. The zero-order valence-electron chi connectivity index (χ0n) is 16.4. The van der Waals surface area contributed by atoms with Crippen LogP contribution in [-0.4, -0.2) is 45.4 Å². The average molecular weight is 405 g/mol. The molecule has 1 aromatic heterocycles. The number of hydrogen-bond donors (Lipinski definition) is 1. The smallest absolute Gasteiger partial charge is 0.361 e. The van der Waals surface area contributed by atoms with Gasteiger partial charge in [-0.15, -0.1) is 5.10 Å². The Morgan fingerprint density at radius 3 is 2.53 bits per heavy atom. The first kappa shape index (κ1) is 19.3. The second-order valence-corrected chi connectivity index (χ2v) is 6.80. The fourth-order valence-electron chi connectivity index (χ4n) is 3.16. The van der Waals surface area contributed by atoms with Gasteiger partial charge in [0.1, 0.15) is 6.54 Å². The summed E-state index contributed by atoms with van der Waals surface area (Å²) >= 11 is 0. The molecule has 0 saturated heterocycles. The quantitative estimate of drug-likeness (QED) is 0.667. The standard InChI is InChI=1S/C21H19N5O4/c1-13-19(24-26(23-13)15-8-4-3-5-9-15)21(29)30-14(2)20(28)25-12-18(27)22-16-10-6-7-11-17(16)25/h3-11,14H,12H2,1-2H3,(H,22,27). The molecular weight excluding hydrogens is 386 g/mol. The minimum absolute atomic E-state index is 0.0234. The van der Waals surface area contributed by atoms with Crippen molar-refractivity contribution in [2.75, 3.05) is 16.8 Å². The Kier molecular flexibility index (Phi) is 5.01. The van der Waals surface area contributed by atoms with Crippen LogP contribution >= 0.6 is 0 Å². The van der Waals surface area contributed by atoms with Gasteiger partial charge in [-0.05, 0) is 38.1 Å². The molecule has 0 bridgehead atoms. The number of anilines is 2. The van der Waals surface area contributed by atoms with Gasteiger partial charge in [-0.2, -0.15) is 9.90 Å². The first-order valence-corrected chi connectivity index (χ1v) is 9.34. The molecule has 0 saturated carbocycles. The van der Waals surface area contributed by atoms with E-state index >= 15 is 0 Å². The number of nitrogens with zero attached hydrogens (tertiary/aromatic N) is 4. The van der Waals surface area contributed by atoms with Crippen LogP contribution in [0.5, 0.6) is 0 Å². The number of hydrogen-bond acceptors (Lipinski definition) is 6. The summed E-state index contributed by atoms with van der Waals surface area (Å²) in [5.74, 6) is -1.58. The number of rotatable bonds is 4. The number of esters is 1. The van der Waals surface area contributed by atoms with Crippen LogP contribution in [0.3, 0.4) is 0 Å². The van der Waals surface area contributed by atoms with Crippen LogP contribution < -0.4 is 10.2 Å². The highest BCUT2D eigenvalue weighted by Crippen LogP contribution is 2.29. The number of nitrogens with one attached hydrogen (secondary N) is 1. The zero-order chi connectivity index (χ0) is 21.3. The van der Waals surface area contributed by atoms with E-state index in [1.54, 1.807) is 43.3 Å². The third kappa shape index (κ3) is 3.64. The predicted molar refractivity (Wildman–Crippen MR) is 108 cm³/mol. The molecule has 152 valence electrons. The van der Waals surface area contributed by atoms with Crippen molar-refractivity contribution in [1.82, 2.24) is 15.0 Å². The number of amides is 2. The van der Waals surface area contributed by atoms with E-state index in [0.29, 0.717) is 22.8 Å². The normalized spacial score (nSPS) is 13.9. The summed E-state index contributed by atoms with van der Waals surface area (Å²) in [7, 11) is 0. The van der Waals surface area contributed by atoms with Gasteiger partial charge in [0.15, 0.2) is 11.8 Å². The molecule has 1 N–H and O–H groups in total. The van der Waals surface area contributed by atoms with Crippen molar-refractivity contribution in [1.29, 1.82) is 0 Å². The molecule has 1 atom stereocenters. The minimum Gasteiger partial charge on any atom is -0.448 e. The van der Waals surface area contributed by atoms with Crippen LogP contribution in [0.25, 0.3) is 5.69 Å². The van der Waals surface area contributed by atoms with Crippen molar-refractivity contribution >= 4 is 29.2 Å². The third-order valence-corrected chi connectivity index (χ3v) is 4.63. The Bertz CT molecular complexity index is 1130. The summed E-state index contributed by atoms with van der Waals surface area (Å²) < 4.78 is 5.35. The molecule has 9 nitrogen and oxygen atoms in total. The molecule has 30 heavy (non-hydrogen) atoms. The fourth-order valence-corrected chi connectivity index (χ4v) is 3.16. The van der Waals surface area contributed by atoms with Gasteiger partial charge in [0.25, 0.3) is 5.91 Å². The maximum absolute atomic E-state index is 12.9.